The third-order valence-electron chi connectivity index (χ3n) is 4.34. The van der Waals surface area contributed by atoms with Crippen LogP contribution in [0.3, 0.4) is 0 Å². The topological polar surface area (TPSA) is 16.1 Å². The molecule has 1 fully saturated rings. The van der Waals surface area contributed by atoms with E-state index in [-0.39, 0.29) is 0 Å². The van der Waals surface area contributed by atoms with E-state index < -0.39 is 0 Å². The molecule has 4 rings (SSSR count). The molecular weight excluding hydrogens is 356 g/mol. The van der Waals surface area contributed by atoms with E-state index in [0.29, 0.717) is 11.3 Å². The van der Waals surface area contributed by atoms with Crippen LogP contribution in [0.15, 0.2) is 90.1 Å². The molecule has 1 aliphatic carbocycles. The van der Waals surface area contributed by atoms with Crippen molar-refractivity contribution in [1.82, 2.24) is 9.88 Å². The Morgan fingerprint density at radius 3 is 2.69 bits per heavy atom. The number of rotatable bonds is 4. The number of thioether (sulfide) groups is 1. The molecular formula is C22H20N2S2. The van der Waals surface area contributed by atoms with Crippen LogP contribution >= 0.6 is 23.1 Å². The van der Waals surface area contributed by atoms with Crippen molar-refractivity contribution in [3.8, 4) is 0 Å². The Balaban J connectivity index is 1.33. The van der Waals surface area contributed by atoms with Gasteiger partial charge in [-0.2, -0.15) is 0 Å². The summed E-state index contributed by atoms with van der Waals surface area (Å²) in [7, 11) is 2.16. The lowest BCUT2D eigenvalue weighted by atomic mass is 10.1. The highest BCUT2D eigenvalue weighted by molar-refractivity contribution is 8.04. The molecule has 26 heavy (non-hydrogen) atoms. The van der Waals surface area contributed by atoms with Gasteiger partial charge in [-0.3, -0.25) is 0 Å². The summed E-state index contributed by atoms with van der Waals surface area (Å²) in [5, 5.41) is 2.89. The third kappa shape index (κ3) is 3.76. The number of likely N-dealkylation sites (N-methyl/N-ethyl adjacent to an activating group) is 1. The van der Waals surface area contributed by atoms with Gasteiger partial charge >= 0.3 is 0 Å². The third-order valence-corrected chi connectivity index (χ3v) is 6.72. The van der Waals surface area contributed by atoms with Gasteiger partial charge in [0, 0.05) is 7.05 Å². The van der Waals surface area contributed by atoms with Crippen molar-refractivity contribution >= 4 is 39.4 Å². The predicted octanol–water partition coefficient (Wildman–Crippen LogP) is 5.81. The Morgan fingerprint density at radius 2 is 1.81 bits per heavy atom. The van der Waals surface area contributed by atoms with Crippen molar-refractivity contribution in [2.24, 2.45) is 0 Å². The summed E-state index contributed by atoms with van der Waals surface area (Å²) in [6.45, 7) is 0. The van der Waals surface area contributed by atoms with Gasteiger partial charge in [0.25, 0.3) is 0 Å². The van der Waals surface area contributed by atoms with E-state index in [2.05, 4.69) is 83.7 Å². The van der Waals surface area contributed by atoms with Crippen LogP contribution in [0.4, 0.5) is 0 Å². The van der Waals surface area contributed by atoms with Crippen molar-refractivity contribution in [3.05, 3.63) is 95.1 Å². The van der Waals surface area contributed by atoms with Gasteiger partial charge in [0.2, 0.25) is 0 Å². The van der Waals surface area contributed by atoms with Crippen LogP contribution in [0.1, 0.15) is 5.01 Å². The average molecular weight is 377 g/mol. The van der Waals surface area contributed by atoms with Gasteiger partial charge in [0.1, 0.15) is 5.01 Å². The van der Waals surface area contributed by atoms with Crippen molar-refractivity contribution < 1.29 is 0 Å². The lowest BCUT2D eigenvalue weighted by Gasteiger charge is -2.22. The fourth-order valence-corrected chi connectivity index (χ4v) is 5.18. The fraction of sp³-hybridized carbons (Fsp3) is 0.136. The number of hydrogen-bond donors (Lipinski definition) is 0. The average Bonchev–Trinajstić information content (AvgIpc) is 3.22. The Hall–Kier alpha value is -2.30. The molecule has 0 saturated carbocycles. The highest BCUT2D eigenvalue weighted by Gasteiger charge is 2.32. The van der Waals surface area contributed by atoms with Crippen LogP contribution in [0, 0.1) is 0 Å². The van der Waals surface area contributed by atoms with Crippen LogP contribution in [0.5, 0.6) is 0 Å². The summed E-state index contributed by atoms with van der Waals surface area (Å²) in [5.41, 5.74) is 1.07. The SMILES string of the molecule is CN1/C(=C/C=C/C=C/C=C/c2nc3ccccc3s2)SC2C=CC=CC21. The molecule has 2 aliphatic rings. The number of nitrogens with zero attached hydrogens (tertiary/aromatic N) is 2. The zero-order valence-corrected chi connectivity index (χ0v) is 16.2. The maximum atomic E-state index is 4.59. The molecule has 2 heterocycles. The molecule has 0 radical (unpaired) electrons. The molecule has 1 aromatic heterocycles. The lowest BCUT2D eigenvalue weighted by molar-refractivity contribution is 0.400. The molecule has 2 aromatic rings. The Bertz CT molecular complexity index is 926. The molecule has 0 amide bonds. The van der Waals surface area contributed by atoms with Gasteiger partial charge in [-0.1, -0.05) is 78.6 Å². The van der Waals surface area contributed by atoms with Gasteiger partial charge in [-0.15, -0.1) is 11.3 Å². The first-order valence-electron chi connectivity index (χ1n) is 8.63. The number of fused-ring (bicyclic) bond motifs is 2. The fourth-order valence-electron chi connectivity index (χ4n) is 2.99. The van der Waals surface area contributed by atoms with E-state index in [1.807, 2.05) is 36.1 Å². The summed E-state index contributed by atoms with van der Waals surface area (Å²) in [6, 6.07) is 8.72. The van der Waals surface area contributed by atoms with Crippen molar-refractivity contribution in [2.75, 3.05) is 7.05 Å². The molecule has 2 nitrogen and oxygen atoms in total. The molecule has 2 unspecified atom stereocenters. The molecule has 2 atom stereocenters. The second kappa shape index (κ2) is 7.94. The van der Waals surface area contributed by atoms with Crippen LogP contribution in [0.25, 0.3) is 16.3 Å². The maximum absolute atomic E-state index is 4.59. The summed E-state index contributed by atoms with van der Waals surface area (Å²) < 4.78 is 1.23. The van der Waals surface area contributed by atoms with E-state index in [0.717, 1.165) is 10.5 Å². The predicted molar refractivity (Wildman–Crippen MR) is 116 cm³/mol. The molecule has 1 saturated heterocycles. The summed E-state index contributed by atoms with van der Waals surface area (Å²) >= 11 is 3.64. The first-order valence-corrected chi connectivity index (χ1v) is 10.3. The van der Waals surface area contributed by atoms with Crippen molar-refractivity contribution in [3.63, 3.8) is 0 Å². The minimum atomic E-state index is 0.483. The highest BCUT2D eigenvalue weighted by Crippen LogP contribution is 2.40. The van der Waals surface area contributed by atoms with E-state index in [1.54, 1.807) is 11.3 Å². The lowest BCUT2D eigenvalue weighted by Crippen LogP contribution is -2.29. The first-order chi connectivity index (χ1) is 12.8. The number of para-hydroxylation sites is 1. The summed E-state index contributed by atoms with van der Waals surface area (Å²) in [5.74, 6) is 0. The Kier molecular flexibility index (Phi) is 5.23. The Morgan fingerprint density at radius 1 is 1.00 bits per heavy atom. The number of benzene rings is 1. The minimum absolute atomic E-state index is 0.483. The number of aromatic nitrogens is 1. The molecule has 0 bridgehead atoms. The Labute approximate surface area is 162 Å². The van der Waals surface area contributed by atoms with Crippen LogP contribution in [-0.2, 0) is 0 Å². The normalized spacial score (nSPS) is 24.2. The van der Waals surface area contributed by atoms with E-state index in [9.17, 15) is 0 Å². The second-order valence-electron chi connectivity index (χ2n) is 6.11. The minimum Gasteiger partial charge on any atom is -0.362 e. The number of hydrogen-bond acceptors (Lipinski definition) is 4. The van der Waals surface area contributed by atoms with E-state index in [4.69, 9.17) is 0 Å². The monoisotopic (exact) mass is 376 g/mol. The van der Waals surface area contributed by atoms with Gasteiger partial charge in [0.05, 0.1) is 26.5 Å². The molecule has 1 aromatic carbocycles. The zero-order valence-electron chi connectivity index (χ0n) is 14.5. The summed E-state index contributed by atoms with van der Waals surface area (Å²) in [6.07, 6.45) is 23.4. The summed E-state index contributed by atoms with van der Waals surface area (Å²) in [4.78, 5) is 6.94. The molecule has 130 valence electrons. The van der Waals surface area contributed by atoms with Crippen molar-refractivity contribution in [1.29, 1.82) is 0 Å². The van der Waals surface area contributed by atoms with Gasteiger partial charge in [0.15, 0.2) is 0 Å². The van der Waals surface area contributed by atoms with Gasteiger partial charge in [-0.25, -0.2) is 4.98 Å². The van der Waals surface area contributed by atoms with Gasteiger partial charge < -0.3 is 4.90 Å². The highest BCUT2D eigenvalue weighted by atomic mass is 32.2. The standard InChI is InChI=1S/C22H20N2S2/c1-24-18-12-8-10-14-20(18)26-22(24)16-6-4-2-3-5-15-21-23-17-11-7-9-13-19(17)25-21/h2-16,18,20H,1H3/b3-2+,6-4+,15-5+,22-16-. The molecule has 0 spiro atoms. The second-order valence-corrected chi connectivity index (χ2v) is 8.37. The maximum Gasteiger partial charge on any atom is 0.117 e. The van der Waals surface area contributed by atoms with Gasteiger partial charge in [-0.05, 0) is 24.3 Å². The smallest absolute Gasteiger partial charge is 0.117 e. The molecule has 4 heteroatoms. The van der Waals surface area contributed by atoms with Crippen molar-refractivity contribution in [2.45, 2.75) is 11.3 Å². The van der Waals surface area contributed by atoms with Crippen LogP contribution in [0.2, 0.25) is 0 Å². The zero-order chi connectivity index (χ0) is 17.8. The molecule has 1 aliphatic heterocycles. The van der Waals surface area contributed by atoms with Crippen LogP contribution < -0.4 is 0 Å². The first kappa shape index (κ1) is 17.1. The van der Waals surface area contributed by atoms with Crippen LogP contribution in [-0.4, -0.2) is 28.2 Å². The largest absolute Gasteiger partial charge is 0.362 e. The molecule has 0 N–H and O–H groups in total. The number of allylic oxidation sites excluding steroid dienone is 8. The van der Waals surface area contributed by atoms with E-state index >= 15 is 0 Å². The number of thiazole rings is 1. The quantitative estimate of drug-likeness (QED) is 0.627. The van der Waals surface area contributed by atoms with E-state index in [1.165, 1.54) is 9.73 Å².